The number of rotatable bonds is 4. The molecule has 2 heterocycles. The molecular formula is C15H23NO2S. The fraction of sp³-hybridized carbons (Fsp3) is 0.733. The Morgan fingerprint density at radius 1 is 1.37 bits per heavy atom. The van der Waals surface area contributed by atoms with Gasteiger partial charge in [-0.1, -0.05) is 0 Å². The van der Waals surface area contributed by atoms with Crippen molar-refractivity contribution < 1.29 is 9.47 Å². The molecule has 2 aliphatic rings. The van der Waals surface area contributed by atoms with Crippen molar-refractivity contribution in [2.24, 2.45) is 0 Å². The zero-order valence-electron chi connectivity index (χ0n) is 11.6. The van der Waals surface area contributed by atoms with Crippen molar-refractivity contribution in [2.45, 2.75) is 56.9 Å². The molecule has 106 valence electrons. The lowest BCUT2D eigenvalue weighted by Gasteiger charge is -2.36. The van der Waals surface area contributed by atoms with Crippen LogP contribution in [-0.2, 0) is 15.9 Å². The molecule has 0 bridgehead atoms. The number of hydrogen-bond donors (Lipinski definition) is 1. The SMILES string of the molecule is CC(Cc1ccsc1)NC1CCC2(CC1)OCCO2. The molecule has 1 aliphatic heterocycles. The Kier molecular flexibility index (Phi) is 4.22. The lowest BCUT2D eigenvalue weighted by molar-refractivity contribution is -0.179. The average Bonchev–Trinajstić information content (AvgIpc) is 3.05. The molecule has 4 heteroatoms. The van der Waals surface area contributed by atoms with Gasteiger partial charge in [0.15, 0.2) is 5.79 Å². The van der Waals surface area contributed by atoms with Crippen LogP contribution in [0.25, 0.3) is 0 Å². The molecule has 0 amide bonds. The van der Waals surface area contributed by atoms with Crippen LogP contribution in [0.2, 0.25) is 0 Å². The second kappa shape index (κ2) is 5.92. The Bertz CT molecular complexity index is 377. The Morgan fingerprint density at radius 2 is 2.11 bits per heavy atom. The summed E-state index contributed by atoms with van der Waals surface area (Å²) in [5.74, 6) is -0.227. The first-order valence-electron chi connectivity index (χ1n) is 7.31. The van der Waals surface area contributed by atoms with Gasteiger partial charge in [0, 0.05) is 24.9 Å². The first-order valence-corrected chi connectivity index (χ1v) is 8.25. The molecule has 1 aromatic heterocycles. The van der Waals surface area contributed by atoms with Crippen LogP contribution in [0.15, 0.2) is 16.8 Å². The van der Waals surface area contributed by atoms with Crippen molar-refractivity contribution in [3.63, 3.8) is 0 Å². The van der Waals surface area contributed by atoms with Gasteiger partial charge in [0.25, 0.3) is 0 Å². The molecule has 19 heavy (non-hydrogen) atoms. The Hall–Kier alpha value is -0.420. The molecule has 1 spiro atoms. The third kappa shape index (κ3) is 3.37. The summed E-state index contributed by atoms with van der Waals surface area (Å²) in [7, 11) is 0. The van der Waals surface area contributed by atoms with Gasteiger partial charge in [-0.25, -0.2) is 0 Å². The zero-order valence-corrected chi connectivity index (χ0v) is 12.4. The number of ether oxygens (including phenoxy) is 2. The summed E-state index contributed by atoms with van der Waals surface area (Å²) >= 11 is 1.78. The van der Waals surface area contributed by atoms with Crippen LogP contribution in [0.5, 0.6) is 0 Å². The van der Waals surface area contributed by atoms with Crippen LogP contribution in [-0.4, -0.2) is 31.1 Å². The summed E-state index contributed by atoms with van der Waals surface area (Å²) in [5, 5.41) is 8.16. The van der Waals surface area contributed by atoms with Crippen molar-refractivity contribution in [1.82, 2.24) is 5.32 Å². The second-order valence-electron chi connectivity index (χ2n) is 5.79. The third-order valence-corrected chi connectivity index (χ3v) is 4.94. The van der Waals surface area contributed by atoms with E-state index in [1.165, 1.54) is 5.56 Å². The van der Waals surface area contributed by atoms with E-state index in [1.807, 2.05) is 0 Å². The van der Waals surface area contributed by atoms with E-state index in [0.29, 0.717) is 12.1 Å². The van der Waals surface area contributed by atoms with Crippen LogP contribution in [0, 0.1) is 0 Å². The molecule has 1 saturated carbocycles. The largest absolute Gasteiger partial charge is 0.348 e. The molecule has 1 unspecified atom stereocenters. The molecule has 1 atom stereocenters. The molecule has 3 rings (SSSR count). The fourth-order valence-electron chi connectivity index (χ4n) is 3.23. The summed E-state index contributed by atoms with van der Waals surface area (Å²) in [6.45, 7) is 3.82. The lowest BCUT2D eigenvalue weighted by Crippen LogP contribution is -2.45. The number of hydrogen-bond acceptors (Lipinski definition) is 4. The van der Waals surface area contributed by atoms with Gasteiger partial charge in [0.05, 0.1) is 13.2 Å². The van der Waals surface area contributed by atoms with E-state index in [4.69, 9.17) is 9.47 Å². The molecule has 1 aliphatic carbocycles. The van der Waals surface area contributed by atoms with Gasteiger partial charge in [-0.2, -0.15) is 11.3 Å². The fourth-order valence-corrected chi connectivity index (χ4v) is 3.92. The van der Waals surface area contributed by atoms with Crippen LogP contribution in [0.1, 0.15) is 38.2 Å². The minimum atomic E-state index is -0.227. The monoisotopic (exact) mass is 281 g/mol. The highest BCUT2D eigenvalue weighted by Gasteiger charge is 2.40. The molecule has 2 fully saturated rings. The van der Waals surface area contributed by atoms with E-state index in [1.54, 1.807) is 11.3 Å². The highest BCUT2D eigenvalue weighted by Crippen LogP contribution is 2.35. The Balaban J connectivity index is 1.44. The Labute approximate surface area is 119 Å². The molecule has 3 nitrogen and oxygen atoms in total. The van der Waals surface area contributed by atoms with Gasteiger partial charge >= 0.3 is 0 Å². The van der Waals surface area contributed by atoms with Crippen molar-refractivity contribution in [2.75, 3.05) is 13.2 Å². The predicted octanol–water partition coefficient (Wildman–Crippen LogP) is 2.95. The lowest BCUT2D eigenvalue weighted by atomic mass is 9.89. The predicted molar refractivity (Wildman–Crippen MR) is 77.5 cm³/mol. The van der Waals surface area contributed by atoms with E-state index < -0.39 is 0 Å². The standard InChI is InChI=1S/C15H23NO2S/c1-12(10-13-4-9-19-11-13)16-14-2-5-15(6-3-14)17-7-8-18-15/h4,9,11-12,14,16H,2-3,5-8,10H2,1H3. The maximum atomic E-state index is 5.77. The highest BCUT2D eigenvalue weighted by atomic mass is 32.1. The summed E-state index contributed by atoms with van der Waals surface area (Å²) in [6, 6.07) is 3.38. The van der Waals surface area contributed by atoms with Gasteiger partial charge < -0.3 is 14.8 Å². The van der Waals surface area contributed by atoms with Crippen LogP contribution >= 0.6 is 11.3 Å². The molecule has 0 aromatic carbocycles. The van der Waals surface area contributed by atoms with E-state index in [9.17, 15) is 0 Å². The van der Waals surface area contributed by atoms with E-state index in [-0.39, 0.29) is 5.79 Å². The van der Waals surface area contributed by atoms with Crippen LogP contribution < -0.4 is 5.32 Å². The van der Waals surface area contributed by atoms with E-state index >= 15 is 0 Å². The highest BCUT2D eigenvalue weighted by molar-refractivity contribution is 7.07. The van der Waals surface area contributed by atoms with Crippen molar-refractivity contribution in [3.8, 4) is 0 Å². The quantitative estimate of drug-likeness (QED) is 0.920. The summed E-state index contributed by atoms with van der Waals surface area (Å²) < 4.78 is 11.5. The topological polar surface area (TPSA) is 30.5 Å². The number of nitrogens with one attached hydrogen (secondary N) is 1. The maximum Gasteiger partial charge on any atom is 0.168 e. The third-order valence-electron chi connectivity index (χ3n) is 4.20. The smallest absolute Gasteiger partial charge is 0.168 e. The van der Waals surface area contributed by atoms with Gasteiger partial charge in [-0.15, -0.1) is 0 Å². The molecule has 1 saturated heterocycles. The normalized spacial score (nSPS) is 24.9. The summed E-state index contributed by atoms with van der Waals surface area (Å²) in [6.07, 6.45) is 5.52. The van der Waals surface area contributed by atoms with Gasteiger partial charge in [-0.3, -0.25) is 0 Å². The van der Waals surface area contributed by atoms with Gasteiger partial charge in [0.1, 0.15) is 0 Å². The maximum absolute atomic E-state index is 5.77. The van der Waals surface area contributed by atoms with Crippen molar-refractivity contribution >= 4 is 11.3 Å². The average molecular weight is 281 g/mol. The second-order valence-corrected chi connectivity index (χ2v) is 6.57. The van der Waals surface area contributed by atoms with E-state index in [2.05, 4.69) is 29.1 Å². The van der Waals surface area contributed by atoms with E-state index in [0.717, 1.165) is 45.3 Å². The van der Waals surface area contributed by atoms with Gasteiger partial charge in [0.2, 0.25) is 0 Å². The zero-order chi connectivity index (χ0) is 13.1. The minimum absolute atomic E-state index is 0.227. The minimum Gasteiger partial charge on any atom is -0.348 e. The van der Waals surface area contributed by atoms with Crippen molar-refractivity contribution in [1.29, 1.82) is 0 Å². The summed E-state index contributed by atoms with van der Waals surface area (Å²) in [5.41, 5.74) is 1.44. The molecule has 1 aromatic rings. The van der Waals surface area contributed by atoms with Crippen LogP contribution in [0.4, 0.5) is 0 Å². The first-order chi connectivity index (χ1) is 9.26. The van der Waals surface area contributed by atoms with Gasteiger partial charge in [-0.05, 0) is 48.6 Å². The molecule has 0 radical (unpaired) electrons. The molecule has 1 N–H and O–H groups in total. The first kappa shape index (κ1) is 13.6. The Morgan fingerprint density at radius 3 is 2.74 bits per heavy atom. The summed E-state index contributed by atoms with van der Waals surface area (Å²) in [4.78, 5) is 0. The van der Waals surface area contributed by atoms with Crippen LogP contribution in [0.3, 0.4) is 0 Å². The molecular weight excluding hydrogens is 258 g/mol. The van der Waals surface area contributed by atoms with Crippen molar-refractivity contribution in [3.05, 3.63) is 22.4 Å². The number of thiophene rings is 1.